The molecule has 16 heavy (non-hydrogen) atoms. The van der Waals surface area contributed by atoms with Crippen LogP contribution in [0.1, 0.15) is 26.7 Å². The third kappa shape index (κ3) is 4.28. The first-order valence-electron chi connectivity index (χ1n) is 5.22. The van der Waals surface area contributed by atoms with Crippen molar-refractivity contribution < 1.29 is 8.42 Å². The zero-order chi connectivity index (χ0) is 12.0. The van der Waals surface area contributed by atoms with E-state index in [4.69, 9.17) is 0 Å². The number of sulfonamides is 1. The Balaban J connectivity index is 2.48. The van der Waals surface area contributed by atoms with E-state index in [-0.39, 0.29) is 5.03 Å². The molecule has 0 fully saturated rings. The molecule has 1 aromatic heterocycles. The minimum absolute atomic E-state index is 0.0761. The predicted molar refractivity (Wildman–Crippen MR) is 63.3 cm³/mol. The average molecular weight is 241 g/mol. The molecule has 0 aromatic carbocycles. The number of aromatic nitrogens is 1. The van der Waals surface area contributed by atoms with E-state index < -0.39 is 10.0 Å². The molecule has 0 saturated heterocycles. The van der Waals surface area contributed by atoms with Crippen LogP contribution in [-0.2, 0) is 10.0 Å². The van der Waals surface area contributed by atoms with Gasteiger partial charge in [0.25, 0.3) is 10.0 Å². The predicted octanol–water partition coefficient (Wildman–Crippen LogP) is 1.75. The Labute approximate surface area is 97.2 Å². The molecule has 1 radical (unpaired) electrons. The summed E-state index contributed by atoms with van der Waals surface area (Å²) < 4.78 is 25.9. The number of hydrogen-bond donors (Lipinski definition) is 1. The third-order valence-electron chi connectivity index (χ3n) is 2.06. The molecule has 5 heteroatoms. The first-order valence-corrected chi connectivity index (χ1v) is 6.70. The second-order valence-electron chi connectivity index (χ2n) is 3.88. The lowest BCUT2D eigenvalue weighted by molar-refractivity contribution is 0.573. The minimum atomic E-state index is -3.43. The van der Waals surface area contributed by atoms with Crippen molar-refractivity contribution in [1.29, 1.82) is 0 Å². The standard InChI is InChI=1S/C11H17N2O2S/c1-10(2)6-5-9-13-16(14,15)11-7-3-4-8-12-11/h3-4,7-8,13H,5-6,9H2,1-2H3. The molecule has 0 aliphatic rings. The molecule has 1 rings (SSSR count). The van der Waals surface area contributed by atoms with Gasteiger partial charge in [-0.15, -0.1) is 0 Å². The number of nitrogens with one attached hydrogen (secondary N) is 1. The van der Waals surface area contributed by atoms with Crippen molar-refractivity contribution in [2.45, 2.75) is 31.7 Å². The molecule has 0 bridgehead atoms. The number of pyridine rings is 1. The lowest BCUT2D eigenvalue weighted by atomic mass is 10.1. The summed E-state index contributed by atoms with van der Waals surface area (Å²) in [6.45, 7) is 4.52. The van der Waals surface area contributed by atoms with E-state index >= 15 is 0 Å². The smallest absolute Gasteiger partial charge is 0.243 e. The summed E-state index contributed by atoms with van der Waals surface area (Å²) in [4.78, 5) is 3.81. The van der Waals surface area contributed by atoms with Gasteiger partial charge in [-0.3, -0.25) is 0 Å². The Kier molecular flexibility index (Phi) is 4.89. The van der Waals surface area contributed by atoms with Crippen LogP contribution in [0.25, 0.3) is 0 Å². The average Bonchev–Trinajstić information content (AvgIpc) is 2.26. The summed E-state index contributed by atoms with van der Waals surface area (Å²) in [7, 11) is -3.43. The molecule has 4 nitrogen and oxygen atoms in total. The van der Waals surface area contributed by atoms with E-state index in [1.54, 1.807) is 12.1 Å². The van der Waals surface area contributed by atoms with Crippen LogP contribution in [0.4, 0.5) is 0 Å². The lowest BCUT2D eigenvalue weighted by Gasteiger charge is -2.06. The van der Waals surface area contributed by atoms with Gasteiger partial charge in [-0.1, -0.05) is 19.9 Å². The second kappa shape index (κ2) is 5.96. The molecular weight excluding hydrogens is 224 g/mol. The highest BCUT2D eigenvalue weighted by molar-refractivity contribution is 7.89. The van der Waals surface area contributed by atoms with Crippen LogP contribution in [0.15, 0.2) is 29.4 Å². The maximum absolute atomic E-state index is 11.7. The van der Waals surface area contributed by atoms with Gasteiger partial charge < -0.3 is 0 Å². The van der Waals surface area contributed by atoms with E-state index in [0.29, 0.717) is 6.54 Å². The summed E-state index contributed by atoms with van der Waals surface area (Å²) in [6, 6.07) is 4.83. The fourth-order valence-corrected chi connectivity index (χ4v) is 2.25. The van der Waals surface area contributed by atoms with Gasteiger partial charge in [0.2, 0.25) is 0 Å². The topological polar surface area (TPSA) is 59.1 Å². The Morgan fingerprint density at radius 1 is 1.38 bits per heavy atom. The van der Waals surface area contributed by atoms with Crippen LogP contribution in [0.5, 0.6) is 0 Å². The van der Waals surface area contributed by atoms with Gasteiger partial charge >= 0.3 is 0 Å². The number of hydrogen-bond acceptors (Lipinski definition) is 3. The first-order chi connectivity index (χ1) is 7.52. The van der Waals surface area contributed by atoms with Gasteiger partial charge in [0, 0.05) is 12.7 Å². The molecule has 1 aromatic rings. The van der Waals surface area contributed by atoms with Crippen molar-refractivity contribution in [3.05, 3.63) is 30.3 Å². The molecule has 0 saturated carbocycles. The summed E-state index contributed by atoms with van der Waals surface area (Å²) in [5, 5.41) is 0.0761. The Morgan fingerprint density at radius 2 is 2.12 bits per heavy atom. The second-order valence-corrected chi connectivity index (χ2v) is 5.59. The van der Waals surface area contributed by atoms with E-state index in [0.717, 1.165) is 12.8 Å². The Bertz CT molecular complexity index is 401. The fourth-order valence-electron chi connectivity index (χ4n) is 1.23. The number of rotatable bonds is 6. The van der Waals surface area contributed by atoms with Gasteiger partial charge in [0.05, 0.1) is 0 Å². The SMILES string of the molecule is C[C](C)CCCNS(=O)(=O)c1ccccn1. The summed E-state index contributed by atoms with van der Waals surface area (Å²) >= 11 is 0. The van der Waals surface area contributed by atoms with Gasteiger partial charge in [-0.05, 0) is 30.9 Å². The van der Waals surface area contributed by atoms with Crippen molar-refractivity contribution in [2.75, 3.05) is 6.54 Å². The molecular formula is C11H17N2O2S. The highest BCUT2D eigenvalue weighted by Crippen LogP contribution is 2.06. The highest BCUT2D eigenvalue weighted by Gasteiger charge is 2.13. The third-order valence-corrected chi connectivity index (χ3v) is 3.44. The maximum Gasteiger partial charge on any atom is 0.258 e. The molecule has 0 unspecified atom stereocenters. The monoisotopic (exact) mass is 241 g/mol. The van der Waals surface area contributed by atoms with Crippen LogP contribution in [0, 0.1) is 5.92 Å². The van der Waals surface area contributed by atoms with Crippen LogP contribution in [0.3, 0.4) is 0 Å². The maximum atomic E-state index is 11.7. The van der Waals surface area contributed by atoms with Crippen molar-refractivity contribution in [2.24, 2.45) is 0 Å². The quantitative estimate of drug-likeness (QED) is 0.772. The molecule has 1 heterocycles. The molecule has 0 amide bonds. The minimum Gasteiger partial charge on any atom is -0.243 e. The van der Waals surface area contributed by atoms with E-state index in [9.17, 15) is 8.42 Å². The van der Waals surface area contributed by atoms with Crippen molar-refractivity contribution in [3.8, 4) is 0 Å². The highest BCUT2D eigenvalue weighted by atomic mass is 32.2. The van der Waals surface area contributed by atoms with E-state index in [1.165, 1.54) is 18.2 Å². The van der Waals surface area contributed by atoms with Crippen LogP contribution in [-0.4, -0.2) is 19.9 Å². The summed E-state index contributed by atoms with van der Waals surface area (Å²) in [5.41, 5.74) is 0. The molecule has 0 aliphatic carbocycles. The van der Waals surface area contributed by atoms with E-state index in [2.05, 4.69) is 9.71 Å². The van der Waals surface area contributed by atoms with Gasteiger partial charge in [-0.2, -0.15) is 0 Å². The van der Waals surface area contributed by atoms with E-state index in [1.807, 2.05) is 13.8 Å². The zero-order valence-corrected chi connectivity index (χ0v) is 10.4. The molecule has 89 valence electrons. The normalized spacial score (nSPS) is 11.9. The lowest BCUT2D eigenvalue weighted by Crippen LogP contribution is -2.25. The Morgan fingerprint density at radius 3 is 2.69 bits per heavy atom. The largest absolute Gasteiger partial charge is 0.258 e. The molecule has 0 atom stereocenters. The molecule has 0 spiro atoms. The van der Waals surface area contributed by atoms with Gasteiger partial charge in [-0.25, -0.2) is 18.1 Å². The summed E-state index contributed by atoms with van der Waals surface area (Å²) in [6.07, 6.45) is 3.22. The van der Waals surface area contributed by atoms with Gasteiger partial charge in [0.1, 0.15) is 0 Å². The van der Waals surface area contributed by atoms with Crippen molar-refractivity contribution in [3.63, 3.8) is 0 Å². The first kappa shape index (κ1) is 13.1. The molecule has 0 aliphatic heterocycles. The Hall–Kier alpha value is -0.940. The van der Waals surface area contributed by atoms with Crippen LogP contribution < -0.4 is 4.72 Å². The fraction of sp³-hybridized carbons (Fsp3) is 0.455. The van der Waals surface area contributed by atoms with Crippen LogP contribution in [0.2, 0.25) is 0 Å². The van der Waals surface area contributed by atoms with Crippen LogP contribution >= 0.6 is 0 Å². The van der Waals surface area contributed by atoms with Crippen molar-refractivity contribution in [1.82, 2.24) is 9.71 Å². The van der Waals surface area contributed by atoms with Crippen molar-refractivity contribution >= 4 is 10.0 Å². The number of nitrogens with zero attached hydrogens (tertiary/aromatic N) is 1. The summed E-state index contributed by atoms with van der Waals surface area (Å²) in [5.74, 6) is 1.30. The zero-order valence-electron chi connectivity index (χ0n) is 9.60. The molecule has 1 N–H and O–H groups in total. The van der Waals surface area contributed by atoms with Gasteiger partial charge in [0.15, 0.2) is 5.03 Å².